The van der Waals surface area contributed by atoms with Crippen molar-refractivity contribution < 1.29 is 14.6 Å². The van der Waals surface area contributed by atoms with Crippen LogP contribution in [-0.4, -0.2) is 24.0 Å². The van der Waals surface area contributed by atoms with Gasteiger partial charge in [-0.25, -0.2) is 10.2 Å². The minimum atomic E-state index is -0.607. The van der Waals surface area contributed by atoms with Crippen molar-refractivity contribution in [1.29, 1.82) is 0 Å². The standard InChI is InChI=1S/C11H14N2O3/c1-3-10(12-13-11(15)16-2)8-4-6-9(14)7-5-8/h4-7,14H,3H2,1-2H3,(H,13,15)/b12-10+. The molecule has 1 amide bonds. The Balaban J connectivity index is 2.81. The van der Waals surface area contributed by atoms with Crippen LogP contribution >= 0.6 is 0 Å². The van der Waals surface area contributed by atoms with Crippen LogP contribution in [0.2, 0.25) is 0 Å². The Morgan fingerprint density at radius 1 is 1.44 bits per heavy atom. The van der Waals surface area contributed by atoms with Crippen LogP contribution in [0.1, 0.15) is 18.9 Å². The summed E-state index contributed by atoms with van der Waals surface area (Å²) in [6.07, 6.45) is 0.0547. The van der Waals surface area contributed by atoms with Gasteiger partial charge in [0, 0.05) is 0 Å². The molecule has 0 aliphatic heterocycles. The van der Waals surface area contributed by atoms with Crippen LogP contribution in [0, 0.1) is 0 Å². The zero-order valence-corrected chi connectivity index (χ0v) is 9.23. The number of methoxy groups -OCH3 is 1. The monoisotopic (exact) mass is 222 g/mol. The van der Waals surface area contributed by atoms with Gasteiger partial charge in [-0.2, -0.15) is 5.10 Å². The van der Waals surface area contributed by atoms with Crippen molar-refractivity contribution in [2.24, 2.45) is 5.10 Å². The van der Waals surface area contributed by atoms with Crippen molar-refractivity contribution in [3.05, 3.63) is 29.8 Å². The lowest BCUT2D eigenvalue weighted by Crippen LogP contribution is -2.19. The lowest BCUT2D eigenvalue weighted by Gasteiger charge is -2.04. The second-order valence-corrected chi connectivity index (χ2v) is 3.06. The fourth-order valence-electron chi connectivity index (χ4n) is 1.16. The third kappa shape index (κ3) is 3.27. The maximum atomic E-state index is 10.8. The van der Waals surface area contributed by atoms with Crippen LogP contribution in [-0.2, 0) is 4.74 Å². The number of rotatable bonds is 3. The molecular weight excluding hydrogens is 208 g/mol. The number of hydrogen-bond acceptors (Lipinski definition) is 4. The molecule has 0 spiro atoms. The van der Waals surface area contributed by atoms with Crippen LogP contribution in [0.15, 0.2) is 29.4 Å². The van der Waals surface area contributed by atoms with Gasteiger partial charge in [0.15, 0.2) is 0 Å². The fourth-order valence-corrected chi connectivity index (χ4v) is 1.16. The summed E-state index contributed by atoms with van der Waals surface area (Å²) in [5, 5.41) is 13.1. The molecule has 0 saturated heterocycles. The van der Waals surface area contributed by atoms with Crippen LogP contribution in [0.25, 0.3) is 0 Å². The minimum absolute atomic E-state index is 0.195. The quantitative estimate of drug-likeness (QED) is 0.605. The number of carbonyl (C=O) groups is 1. The summed E-state index contributed by atoms with van der Waals surface area (Å²) in [7, 11) is 1.27. The van der Waals surface area contributed by atoms with Crippen molar-refractivity contribution in [3.8, 4) is 5.75 Å². The van der Waals surface area contributed by atoms with Gasteiger partial charge in [-0.3, -0.25) is 0 Å². The molecular formula is C11H14N2O3. The Labute approximate surface area is 93.7 Å². The minimum Gasteiger partial charge on any atom is -0.508 e. The maximum absolute atomic E-state index is 10.8. The molecule has 2 N–H and O–H groups in total. The molecule has 16 heavy (non-hydrogen) atoms. The molecule has 0 unspecified atom stereocenters. The van der Waals surface area contributed by atoms with Gasteiger partial charge in [0.25, 0.3) is 0 Å². The highest BCUT2D eigenvalue weighted by molar-refractivity contribution is 6.00. The third-order valence-corrected chi connectivity index (χ3v) is 2.00. The zero-order valence-electron chi connectivity index (χ0n) is 9.23. The molecule has 1 aromatic carbocycles. The third-order valence-electron chi connectivity index (χ3n) is 2.00. The second-order valence-electron chi connectivity index (χ2n) is 3.06. The number of benzene rings is 1. The second kappa shape index (κ2) is 5.75. The summed E-state index contributed by atoms with van der Waals surface area (Å²) < 4.78 is 4.40. The van der Waals surface area contributed by atoms with Crippen molar-refractivity contribution in [2.45, 2.75) is 13.3 Å². The van der Waals surface area contributed by atoms with Gasteiger partial charge < -0.3 is 9.84 Å². The van der Waals surface area contributed by atoms with Crippen LogP contribution in [0.3, 0.4) is 0 Å². The number of aromatic hydroxyl groups is 1. The highest BCUT2D eigenvalue weighted by Crippen LogP contribution is 2.11. The van der Waals surface area contributed by atoms with E-state index in [1.807, 2.05) is 6.92 Å². The van der Waals surface area contributed by atoms with Gasteiger partial charge in [-0.05, 0) is 36.2 Å². The first-order valence-corrected chi connectivity index (χ1v) is 4.87. The first-order chi connectivity index (χ1) is 7.67. The van der Waals surface area contributed by atoms with E-state index in [1.54, 1.807) is 24.3 Å². The van der Waals surface area contributed by atoms with Crippen molar-refractivity contribution in [1.82, 2.24) is 5.43 Å². The number of ether oxygens (including phenoxy) is 1. The average molecular weight is 222 g/mol. The van der Waals surface area contributed by atoms with Crippen LogP contribution < -0.4 is 5.43 Å². The number of hydrogen-bond donors (Lipinski definition) is 2. The Kier molecular flexibility index (Phi) is 4.32. The van der Waals surface area contributed by atoms with E-state index < -0.39 is 6.09 Å². The molecule has 0 aromatic heterocycles. The number of phenols is 1. The van der Waals surface area contributed by atoms with E-state index in [1.165, 1.54) is 7.11 Å². The Morgan fingerprint density at radius 3 is 2.56 bits per heavy atom. The molecule has 0 atom stereocenters. The molecule has 0 radical (unpaired) electrons. The average Bonchev–Trinajstić information content (AvgIpc) is 2.31. The molecule has 0 fully saturated rings. The van der Waals surface area contributed by atoms with E-state index in [-0.39, 0.29) is 5.75 Å². The van der Waals surface area contributed by atoms with Crippen molar-refractivity contribution in [2.75, 3.05) is 7.11 Å². The SMILES string of the molecule is CC/C(=N\NC(=O)OC)c1ccc(O)cc1. The Bertz CT molecular complexity index is 385. The highest BCUT2D eigenvalue weighted by atomic mass is 16.5. The molecule has 5 heteroatoms. The number of nitrogens with zero attached hydrogens (tertiary/aromatic N) is 1. The van der Waals surface area contributed by atoms with Gasteiger partial charge in [0.1, 0.15) is 5.75 Å². The predicted molar refractivity (Wildman–Crippen MR) is 60.5 cm³/mol. The summed E-state index contributed by atoms with van der Waals surface area (Å²) in [5.74, 6) is 0.195. The number of phenolic OH excluding ortho intramolecular Hbond substituents is 1. The van der Waals surface area contributed by atoms with Gasteiger partial charge in [0.05, 0.1) is 12.8 Å². The van der Waals surface area contributed by atoms with E-state index in [9.17, 15) is 4.79 Å². The molecule has 1 rings (SSSR count). The smallest absolute Gasteiger partial charge is 0.427 e. The summed E-state index contributed by atoms with van der Waals surface area (Å²) >= 11 is 0. The Morgan fingerprint density at radius 2 is 2.06 bits per heavy atom. The Hall–Kier alpha value is -2.04. The van der Waals surface area contributed by atoms with Gasteiger partial charge in [-0.1, -0.05) is 6.92 Å². The number of hydrazone groups is 1. The van der Waals surface area contributed by atoms with Gasteiger partial charge in [0.2, 0.25) is 0 Å². The predicted octanol–water partition coefficient (Wildman–Crippen LogP) is 1.86. The van der Waals surface area contributed by atoms with Crippen LogP contribution in [0.5, 0.6) is 5.75 Å². The molecule has 1 aromatic rings. The van der Waals surface area contributed by atoms with Crippen molar-refractivity contribution >= 4 is 11.8 Å². The molecule has 0 heterocycles. The number of nitrogens with one attached hydrogen (secondary N) is 1. The molecule has 86 valence electrons. The first kappa shape index (κ1) is 12.0. The van der Waals surface area contributed by atoms with Gasteiger partial charge in [-0.15, -0.1) is 0 Å². The lowest BCUT2D eigenvalue weighted by molar-refractivity contribution is 0.171. The summed E-state index contributed by atoms with van der Waals surface area (Å²) in [5.41, 5.74) is 3.82. The number of amides is 1. The van der Waals surface area contributed by atoms with Crippen molar-refractivity contribution in [3.63, 3.8) is 0 Å². The number of carbonyl (C=O) groups excluding carboxylic acids is 1. The van der Waals surface area contributed by atoms with E-state index in [0.29, 0.717) is 12.1 Å². The zero-order chi connectivity index (χ0) is 12.0. The van der Waals surface area contributed by atoms with Crippen LogP contribution in [0.4, 0.5) is 4.79 Å². The van der Waals surface area contributed by atoms with E-state index in [4.69, 9.17) is 5.11 Å². The molecule has 0 aliphatic carbocycles. The molecule has 0 bridgehead atoms. The first-order valence-electron chi connectivity index (χ1n) is 4.87. The fraction of sp³-hybridized carbons (Fsp3) is 0.273. The van der Waals surface area contributed by atoms with Gasteiger partial charge >= 0.3 is 6.09 Å². The highest BCUT2D eigenvalue weighted by Gasteiger charge is 2.02. The largest absolute Gasteiger partial charge is 0.508 e. The lowest BCUT2D eigenvalue weighted by atomic mass is 10.1. The van der Waals surface area contributed by atoms with E-state index in [2.05, 4.69) is 15.3 Å². The van der Waals surface area contributed by atoms with E-state index in [0.717, 1.165) is 5.56 Å². The normalized spacial score (nSPS) is 11.0. The summed E-state index contributed by atoms with van der Waals surface area (Å²) in [6, 6.07) is 6.60. The van der Waals surface area contributed by atoms with E-state index >= 15 is 0 Å². The maximum Gasteiger partial charge on any atom is 0.427 e. The topological polar surface area (TPSA) is 70.9 Å². The summed E-state index contributed by atoms with van der Waals surface area (Å²) in [4.78, 5) is 10.8. The molecule has 5 nitrogen and oxygen atoms in total. The molecule has 0 saturated carbocycles. The summed E-state index contributed by atoms with van der Waals surface area (Å²) in [6.45, 7) is 1.92. The molecule has 0 aliphatic rings.